The monoisotopic (exact) mass is 387 g/mol. The maximum Gasteiger partial charge on any atom is 0.291 e. The van der Waals surface area contributed by atoms with E-state index in [0.29, 0.717) is 30.0 Å². The highest BCUT2D eigenvalue weighted by Gasteiger charge is 2.15. The topological polar surface area (TPSA) is 71.7 Å². The standard InChI is InChI=1S/C24H21NO4/c1-16-6-11-20(22(14-16)28-13-12-17-7-9-19(26)10-8-17)25-24(27)23-15-18-4-2-3-5-21(18)29-23/h2-11,14-15,26H,12-13H2,1H3,(H,25,27). The molecule has 1 heterocycles. The number of hydrogen-bond donors (Lipinski definition) is 2. The number of aryl methyl sites for hydroxylation is 1. The van der Waals surface area contributed by atoms with E-state index < -0.39 is 0 Å². The first-order valence-corrected chi connectivity index (χ1v) is 9.40. The van der Waals surface area contributed by atoms with Gasteiger partial charge >= 0.3 is 0 Å². The van der Waals surface area contributed by atoms with E-state index in [1.807, 2.05) is 61.5 Å². The number of amides is 1. The van der Waals surface area contributed by atoms with Gasteiger partial charge in [-0.3, -0.25) is 4.79 Å². The van der Waals surface area contributed by atoms with Crippen LogP contribution in [0.25, 0.3) is 11.0 Å². The van der Waals surface area contributed by atoms with Crippen LogP contribution in [0.5, 0.6) is 11.5 Å². The van der Waals surface area contributed by atoms with Crippen molar-refractivity contribution in [1.29, 1.82) is 0 Å². The number of phenols is 1. The molecule has 0 aliphatic carbocycles. The van der Waals surface area contributed by atoms with Crippen molar-refractivity contribution in [3.8, 4) is 11.5 Å². The predicted molar refractivity (Wildman–Crippen MR) is 113 cm³/mol. The molecule has 146 valence electrons. The van der Waals surface area contributed by atoms with Gasteiger partial charge in [0.2, 0.25) is 0 Å². The van der Waals surface area contributed by atoms with Crippen LogP contribution in [-0.4, -0.2) is 17.6 Å². The van der Waals surface area contributed by atoms with E-state index in [4.69, 9.17) is 9.15 Å². The van der Waals surface area contributed by atoms with Gasteiger partial charge in [0.05, 0.1) is 12.3 Å². The Hall–Kier alpha value is -3.73. The fourth-order valence-corrected chi connectivity index (χ4v) is 3.07. The van der Waals surface area contributed by atoms with Crippen LogP contribution in [0.2, 0.25) is 0 Å². The van der Waals surface area contributed by atoms with E-state index in [2.05, 4.69) is 5.32 Å². The fraction of sp³-hybridized carbons (Fsp3) is 0.125. The zero-order chi connectivity index (χ0) is 20.2. The van der Waals surface area contributed by atoms with Crippen LogP contribution in [0, 0.1) is 6.92 Å². The zero-order valence-electron chi connectivity index (χ0n) is 16.0. The number of aromatic hydroxyl groups is 1. The molecule has 0 saturated heterocycles. The molecule has 0 fully saturated rings. The van der Waals surface area contributed by atoms with Crippen LogP contribution < -0.4 is 10.1 Å². The minimum Gasteiger partial charge on any atom is -0.508 e. The van der Waals surface area contributed by atoms with Crippen LogP contribution >= 0.6 is 0 Å². The first-order chi connectivity index (χ1) is 14.1. The summed E-state index contributed by atoms with van der Waals surface area (Å²) in [5.74, 6) is 0.771. The average Bonchev–Trinajstić information content (AvgIpc) is 3.16. The number of ether oxygens (including phenoxy) is 1. The molecule has 0 aliphatic rings. The van der Waals surface area contributed by atoms with Crippen molar-refractivity contribution < 1.29 is 19.1 Å². The molecule has 29 heavy (non-hydrogen) atoms. The summed E-state index contributed by atoms with van der Waals surface area (Å²) in [5.41, 5.74) is 3.35. The van der Waals surface area contributed by atoms with Gasteiger partial charge in [-0.25, -0.2) is 0 Å². The lowest BCUT2D eigenvalue weighted by atomic mass is 10.1. The van der Waals surface area contributed by atoms with Gasteiger partial charge < -0.3 is 19.6 Å². The summed E-state index contributed by atoms with van der Waals surface area (Å²) < 4.78 is 11.6. The zero-order valence-corrected chi connectivity index (χ0v) is 16.0. The molecule has 1 amide bonds. The van der Waals surface area contributed by atoms with Crippen molar-refractivity contribution >= 4 is 22.6 Å². The van der Waals surface area contributed by atoms with E-state index in [1.54, 1.807) is 18.2 Å². The fourth-order valence-electron chi connectivity index (χ4n) is 3.07. The highest BCUT2D eigenvalue weighted by Crippen LogP contribution is 2.27. The predicted octanol–water partition coefficient (Wildman–Crippen LogP) is 5.32. The number of rotatable bonds is 6. The van der Waals surface area contributed by atoms with Crippen LogP contribution in [0.3, 0.4) is 0 Å². The summed E-state index contributed by atoms with van der Waals surface area (Å²) in [5, 5.41) is 13.1. The minimum absolute atomic E-state index is 0.240. The lowest BCUT2D eigenvalue weighted by Gasteiger charge is -2.13. The van der Waals surface area contributed by atoms with Gasteiger partial charge in [0.1, 0.15) is 17.1 Å². The molecular formula is C24H21NO4. The van der Waals surface area contributed by atoms with Gasteiger partial charge in [-0.05, 0) is 54.4 Å². The molecule has 0 unspecified atom stereocenters. The van der Waals surface area contributed by atoms with Crippen molar-refractivity contribution in [2.24, 2.45) is 0 Å². The Morgan fingerprint density at radius 2 is 1.83 bits per heavy atom. The summed E-state index contributed by atoms with van der Waals surface area (Å²) in [6.45, 7) is 2.42. The molecule has 2 N–H and O–H groups in total. The molecule has 3 aromatic carbocycles. The smallest absolute Gasteiger partial charge is 0.291 e. The Morgan fingerprint density at radius 1 is 1.03 bits per heavy atom. The quantitative estimate of drug-likeness (QED) is 0.470. The van der Waals surface area contributed by atoms with Crippen LogP contribution in [0.15, 0.2) is 77.2 Å². The number of nitrogens with one attached hydrogen (secondary N) is 1. The number of anilines is 1. The van der Waals surface area contributed by atoms with Crippen LogP contribution in [0.4, 0.5) is 5.69 Å². The number of phenolic OH excluding ortho intramolecular Hbond substituents is 1. The summed E-state index contributed by atoms with van der Waals surface area (Å²) in [6.07, 6.45) is 0.686. The van der Waals surface area contributed by atoms with Crippen molar-refractivity contribution in [2.75, 3.05) is 11.9 Å². The third kappa shape index (κ3) is 4.41. The van der Waals surface area contributed by atoms with Gasteiger partial charge in [0.15, 0.2) is 5.76 Å². The molecule has 0 atom stereocenters. The maximum absolute atomic E-state index is 12.7. The average molecular weight is 387 g/mol. The van der Waals surface area contributed by atoms with E-state index in [-0.39, 0.29) is 17.4 Å². The molecular weight excluding hydrogens is 366 g/mol. The summed E-state index contributed by atoms with van der Waals surface area (Å²) in [7, 11) is 0. The number of carbonyl (C=O) groups is 1. The highest BCUT2D eigenvalue weighted by atomic mass is 16.5. The SMILES string of the molecule is Cc1ccc(NC(=O)c2cc3ccccc3o2)c(OCCc2ccc(O)cc2)c1. The van der Waals surface area contributed by atoms with Crippen LogP contribution in [-0.2, 0) is 6.42 Å². The molecule has 4 rings (SSSR count). The van der Waals surface area contributed by atoms with E-state index in [0.717, 1.165) is 16.5 Å². The maximum atomic E-state index is 12.7. The second kappa shape index (κ2) is 8.10. The number of furan rings is 1. The number of hydrogen-bond acceptors (Lipinski definition) is 4. The van der Waals surface area contributed by atoms with Crippen molar-refractivity contribution in [3.63, 3.8) is 0 Å². The Balaban J connectivity index is 1.47. The number of benzene rings is 3. The molecule has 0 radical (unpaired) electrons. The number of carbonyl (C=O) groups excluding carboxylic acids is 1. The van der Waals surface area contributed by atoms with Crippen molar-refractivity contribution in [2.45, 2.75) is 13.3 Å². The van der Waals surface area contributed by atoms with Gasteiger partial charge in [-0.2, -0.15) is 0 Å². The third-order valence-corrected chi connectivity index (χ3v) is 4.62. The summed E-state index contributed by atoms with van der Waals surface area (Å²) in [4.78, 5) is 12.7. The second-order valence-corrected chi connectivity index (χ2v) is 6.87. The summed E-state index contributed by atoms with van der Waals surface area (Å²) in [6, 6.07) is 21.9. The molecule has 5 nitrogen and oxygen atoms in total. The van der Waals surface area contributed by atoms with Gasteiger partial charge in [0, 0.05) is 11.8 Å². The lowest BCUT2D eigenvalue weighted by molar-refractivity contribution is 0.0998. The molecule has 1 aromatic heterocycles. The van der Waals surface area contributed by atoms with Crippen molar-refractivity contribution in [1.82, 2.24) is 0 Å². The number of fused-ring (bicyclic) bond motifs is 1. The Kier molecular flexibility index (Phi) is 5.20. The van der Waals surface area contributed by atoms with Gasteiger partial charge in [-0.1, -0.05) is 36.4 Å². The third-order valence-electron chi connectivity index (χ3n) is 4.62. The van der Waals surface area contributed by atoms with Gasteiger partial charge in [-0.15, -0.1) is 0 Å². The number of para-hydroxylation sites is 1. The first-order valence-electron chi connectivity index (χ1n) is 9.40. The highest BCUT2D eigenvalue weighted by molar-refractivity contribution is 6.05. The van der Waals surface area contributed by atoms with E-state index in [1.165, 1.54) is 0 Å². The first kappa shape index (κ1) is 18.6. The van der Waals surface area contributed by atoms with E-state index in [9.17, 15) is 9.90 Å². The molecule has 0 spiro atoms. The normalized spacial score (nSPS) is 10.8. The van der Waals surface area contributed by atoms with Gasteiger partial charge in [0.25, 0.3) is 5.91 Å². The Morgan fingerprint density at radius 3 is 2.62 bits per heavy atom. The minimum atomic E-state index is -0.326. The largest absolute Gasteiger partial charge is 0.508 e. The molecule has 0 saturated carbocycles. The Labute approximate surface area is 168 Å². The molecule has 0 bridgehead atoms. The molecule has 0 aliphatic heterocycles. The molecule has 4 aromatic rings. The van der Waals surface area contributed by atoms with Crippen molar-refractivity contribution in [3.05, 3.63) is 89.7 Å². The molecule has 5 heteroatoms. The van der Waals surface area contributed by atoms with Crippen LogP contribution in [0.1, 0.15) is 21.7 Å². The second-order valence-electron chi connectivity index (χ2n) is 6.87. The lowest BCUT2D eigenvalue weighted by Crippen LogP contribution is -2.12. The van der Waals surface area contributed by atoms with E-state index >= 15 is 0 Å². The Bertz CT molecular complexity index is 1110. The summed E-state index contributed by atoms with van der Waals surface area (Å²) >= 11 is 0.